The topological polar surface area (TPSA) is 502 Å². The van der Waals surface area contributed by atoms with Crippen molar-refractivity contribution in [1.82, 2.24) is 10.6 Å². The highest BCUT2D eigenvalue weighted by atomic mass is 16.8. The highest BCUT2D eigenvalue weighted by Gasteiger charge is 2.61. The number of rotatable bonds is 19. The molecule has 0 spiro atoms. The van der Waals surface area contributed by atoms with Crippen LogP contribution in [-0.4, -0.2) is 297 Å². The van der Waals surface area contributed by atoms with Crippen molar-refractivity contribution in [2.24, 2.45) is 0 Å². The Balaban J connectivity index is 1.29. The Hall–Kier alpha value is -3.37. The largest absolute Gasteiger partial charge is 0.477 e. The van der Waals surface area contributed by atoms with E-state index in [1.54, 1.807) is 6.07 Å². The Labute approximate surface area is 413 Å². The van der Waals surface area contributed by atoms with Gasteiger partial charge >= 0.3 is 5.97 Å². The first kappa shape index (κ1) is 58.9. The summed E-state index contributed by atoms with van der Waals surface area (Å²) >= 11 is 0. The molecule has 5 saturated heterocycles. The van der Waals surface area contributed by atoms with Crippen LogP contribution >= 0.6 is 0 Å². The van der Waals surface area contributed by atoms with E-state index >= 15 is 0 Å². The van der Waals surface area contributed by atoms with Crippen molar-refractivity contribution in [1.29, 1.82) is 0 Å². The van der Waals surface area contributed by atoms with E-state index in [0.29, 0.717) is 0 Å². The molecule has 0 saturated carbocycles. The smallest absolute Gasteiger partial charge is 0.364 e. The molecular weight excluding hydrogens is 996 g/mol. The van der Waals surface area contributed by atoms with Crippen LogP contribution in [0.4, 0.5) is 0 Å². The molecule has 6 rings (SSSR count). The van der Waals surface area contributed by atoms with Gasteiger partial charge < -0.3 is 140 Å². The molecule has 0 aliphatic carbocycles. The number of carboxylic acids is 1. The average molecular weight is 1060 g/mol. The maximum absolute atomic E-state index is 13.7. The third-order valence-corrected chi connectivity index (χ3v) is 13.1. The summed E-state index contributed by atoms with van der Waals surface area (Å²) in [5.41, 5.74) is -0.0219. The Bertz CT molecular complexity index is 1950. The molecule has 26 atom stereocenters. The number of nitrogens with one attached hydrogen (secondary N) is 2. The molecule has 0 unspecified atom stereocenters. The van der Waals surface area contributed by atoms with Gasteiger partial charge in [0.05, 0.1) is 45.2 Å². The summed E-state index contributed by atoms with van der Waals surface area (Å²) in [6.07, 6.45) is -47.6. The average Bonchev–Trinajstić information content (AvgIpc) is 3.37. The van der Waals surface area contributed by atoms with Crippen LogP contribution in [0, 0.1) is 0 Å². The molecule has 73 heavy (non-hydrogen) atoms. The normalized spacial score (nSPS) is 44.2. The van der Waals surface area contributed by atoms with Gasteiger partial charge in [-0.2, -0.15) is 0 Å². The number of hydrogen-bond donors (Lipinski definition) is 19. The molecule has 5 fully saturated rings. The number of carboxylic acid groups (broad SMARTS) is 1. The number of aliphatic hydroxyl groups is 16. The summed E-state index contributed by atoms with van der Waals surface area (Å²) < 4.78 is 51.2. The zero-order valence-electron chi connectivity index (χ0n) is 38.6. The van der Waals surface area contributed by atoms with E-state index < -0.39 is 216 Å². The van der Waals surface area contributed by atoms with Gasteiger partial charge in [-0.05, 0) is 12.1 Å². The molecule has 0 bridgehead atoms. The molecule has 0 aromatic heterocycles. The lowest BCUT2D eigenvalue weighted by Gasteiger charge is -2.51. The second kappa shape index (κ2) is 25.2. The molecule has 416 valence electrons. The van der Waals surface area contributed by atoms with E-state index in [1.807, 2.05) is 0 Å². The SMILES string of the molecule is CC(=O)N[C@H]1[C@H]([C@H](O)[C@H](O)CO)O[C@@](O[C@H]2[C@@H](O)[C@@H](CO)O[C@@H](O[C@H]3[C@H](O)[C@@H](NC(=O)c4ccccc4)[C@H](O[C@H]4[C@@H](O)[C@@H](CO)O[C@@H](O[C@H]5[C@H](O)[C@@H](O)[C@H](O)O[C@@H]5CO)[C@@H]4O)O[C@@H]3CO)[C@@H]2O)(C(=O)O)C[C@@H]1O. The van der Waals surface area contributed by atoms with Crippen LogP contribution in [0.15, 0.2) is 30.3 Å². The molecule has 5 aliphatic heterocycles. The monoisotopic (exact) mass is 1060 g/mol. The fourth-order valence-electron chi connectivity index (χ4n) is 9.13. The Morgan fingerprint density at radius 2 is 1.12 bits per heavy atom. The maximum atomic E-state index is 13.7. The predicted octanol–water partition coefficient (Wildman–Crippen LogP) is -11.1. The minimum absolute atomic E-state index is 0.0219. The van der Waals surface area contributed by atoms with Crippen LogP contribution in [-0.2, 0) is 52.2 Å². The maximum Gasteiger partial charge on any atom is 0.364 e. The van der Waals surface area contributed by atoms with Gasteiger partial charge in [0.2, 0.25) is 5.91 Å². The third kappa shape index (κ3) is 12.6. The van der Waals surface area contributed by atoms with E-state index in [9.17, 15) is 101 Å². The molecule has 31 heteroatoms. The Morgan fingerprint density at radius 1 is 0.616 bits per heavy atom. The van der Waals surface area contributed by atoms with E-state index in [2.05, 4.69) is 10.6 Å². The number of carbonyl (C=O) groups is 3. The highest BCUT2D eigenvalue weighted by Crippen LogP contribution is 2.39. The fourth-order valence-corrected chi connectivity index (χ4v) is 9.13. The summed E-state index contributed by atoms with van der Waals surface area (Å²) in [4.78, 5) is 38.8. The van der Waals surface area contributed by atoms with Crippen LogP contribution in [0.2, 0.25) is 0 Å². The number of benzene rings is 1. The molecule has 5 aliphatic rings. The fraction of sp³-hybridized carbons (Fsp3) is 0.786. The van der Waals surface area contributed by atoms with Gasteiger partial charge in [-0.3, -0.25) is 9.59 Å². The van der Waals surface area contributed by atoms with Gasteiger partial charge in [-0.25, -0.2) is 4.79 Å². The van der Waals surface area contributed by atoms with Crippen molar-refractivity contribution in [3.63, 3.8) is 0 Å². The summed E-state index contributed by atoms with van der Waals surface area (Å²) in [6, 6.07) is 3.67. The molecular formula is C42H64N2O29. The second-order valence-electron chi connectivity index (χ2n) is 18.0. The first-order valence-corrected chi connectivity index (χ1v) is 22.9. The first-order chi connectivity index (χ1) is 34.6. The molecule has 1 aromatic carbocycles. The van der Waals surface area contributed by atoms with Gasteiger partial charge in [0.25, 0.3) is 11.7 Å². The lowest BCUT2D eigenvalue weighted by atomic mass is 9.88. The van der Waals surface area contributed by atoms with Crippen LogP contribution in [0.5, 0.6) is 0 Å². The minimum Gasteiger partial charge on any atom is -0.477 e. The van der Waals surface area contributed by atoms with Crippen LogP contribution in [0.1, 0.15) is 23.7 Å². The van der Waals surface area contributed by atoms with Crippen molar-refractivity contribution in [3.8, 4) is 0 Å². The summed E-state index contributed by atoms with van der Waals surface area (Å²) in [5, 5.41) is 187. The standard InChI is InChI=1S/C42H64N2O29/c1-13(50)43-21-15(51)7-42(41(63)64,72-33(21)23(53)16(52)8-45)73-35-25(55)18(10-47)67-40(30(35)60)69-31-20(12-49)68-38(22(26(31)56)44-36(61)14-5-3-2-4-6-14)71-34-24(54)17(9-46)66-39(29(34)59)70-32-19(11-48)65-37(62)28(58)27(32)57/h2-6,15-35,37-40,45-49,51-60,62H,7-12H2,1H3,(H,43,50)(H,44,61)(H,63,64)/t15-,16+,17+,18+,19+,20+,21+,22+,23+,24-,25-,26+,27+,28+,29+,30+,31+,32+,33+,34-,35-,37+,38-,39-,40-,42-/m0/s1. The van der Waals surface area contributed by atoms with Crippen LogP contribution in [0.3, 0.4) is 0 Å². The number of hydrogen-bond acceptors (Lipinski definition) is 28. The quantitative estimate of drug-likeness (QED) is 0.0612. The molecule has 2 amide bonds. The Kier molecular flexibility index (Phi) is 20.3. The van der Waals surface area contributed by atoms with Gasteiger partial charge in [0.15, 0.2) is 25.2 Å². The second-order valence-corrected chi connectivity index (χ2v) is 18.0. The van der Waals surface area contributed by atoms with Crippen molar-refractivity contribution in [2.75, 3.05) is 33.0 Å². The van der Waals surface area contributed by atoms with E-state index in [0.717, 1.165) is 6.92 Å². The minimum atomic E-state index is -3.19. The van der Waals surface area contributed by atoms with Crippen molar-refractivity contribution in [3.05, 3.63) is 35.9 Å². The van der Waals surface area contributed by atoms with Crippen molar-refractivity contribution in [2.45, 2.75) is 172 Å². The zero-order chi connectivity index (χ0) is 53.8. The number of aliphatic hydroxyl groups excluding tert-OH is 16. The van der Waals surface area contributed by atoms with E-state index in [4.69, 9.17) is 42.6 Å². The Morgan fingerprint density at radius 3 is 1.66 bits per heavy atom. The molecule has 5 heterocycles. The van der Waals surface area contributed by atoms with Crippen molar-refractivity contribution < 1.29 is 144 Å². The number of aliphatic carboxylic acids is 1. The summed E-state index contributed by atoms with van der Waals surface area (Å²) in [5.74, 6) is -6.99. The van der Waals surface area contributed by atoms with Crippen molar-refractivity contribution >= 4 is 17.8 Å². The summed E-state index contributed by atoms with van der Waals surface area (Å²) in [7, 11) is 0. The number of ether oxygens (including phenoxy) is 9. The molecule has 1 aromatic rings. The molecule has 19 N–H and O–H groups in total. The van der Waals surface area contributed by atoms with E-state index in [1.165, 1.54) is 24.3 Å². The molecule has 0 radical (unpaired) electrons. The first-order valence-electron chi connectivity index (χ1n) is 22.9. The van der Waals surface area contributed by atoms with Gasteiger partial charge in [0.1, 0.15) is 116 Å². The highest BCUT2D eigenvalue weighted by molar-refractivity contribution is 5.94. The van der Waals surface area contributed by atoms with Gasteiger partial charge in [0, 0.05) is 18.9 Å². The third-order valence-electron chi connectivity index (χ3n) is 13.1. The molecule has 31 nitrogen and oxygen atoms in total. The van der Waals surface area contributed by atoms with E-state index in [-0.39, 0.29) is 5.56 Å². The van der Waals surface area contributed by atoms with Gasteiger partial charge in [-0.1, -0.05) is 18.2 Å². The lowest BCUT2D eigenvalue weighted by molar-refractivity contribution is -0.390. The van der Waals surface area contributed by atoms with Crippen LogP contribution in [0.25, 0.3) is 0 Å². The zero-order valence-corrected chi connectivity index (χ0v) is 38.6. The summed E-state index contributed by atoms with van der Waals surface area (Å²) in [6.45, 7) is -4.27. The van der Waals surface area contributed by atoms with Gasteiger partial charge in [-0.15, -0.1) is 0 Å². The number of carbonyl (C=O) groups excluding carboxylic acids is 2. The lowest BCUT2D eigenvalue weighted by Crippen LogP contribution is -2.71. The van der Waals surface area contributed by atoms with Crippen LogP contribution < -0.4 is 10.6 Å². The number of amides is 2. The predicted molar refractivity (Wildman–Crippen MR) is 227 cm³/mol.